The third-order valence-corrected chi connectivity index (χ3v) is 24.1. The SMILES string of the molecule is CC(C)(C)OC(=O)N1CCC(O)CC1.CC(C)(C)OC(=O)N1CCC(n2ncc3c(N4CCOCC4)nc(Cl)nc32)CC1.ClCCl.Clc1nc(N2CCOCC2)c2cn[nH]c2n1.Clc1nc(N2CCOCC2)c2cnn(C3CCNCC3)c2n1.FC(F)(F)CN1CCC(n2ncc3c(N4CCOCC4)nc(Cl)nc32)CC1.O=S(=O)(CC(F)(F)F)OC(Cl)(Cl)Cl.OB(O)c1ccc2[nH]ccc2c1. The second kappa shape index (κ2) is 49.8. The lowest BCUT2D eigenvalue weighted by Gasteiger charge is -2.33. The molecule has 8 aliphatic heterocycles. The number of amides is 2. The molecular weight excluding hydrogens is 2010 g/mol. The first-order valence-corrected chi connectivity index (χ1v) is 48.8. The summed E-state index contributed by atoms with van der Waals surface area (Å²) in [5, 5.41) is 56.4. The Bertz CT molecular complexity index is 5580. The number of ether oxygens (including phenoxy) is 6. The number of morpholine rings is 4. The number of H-pyrrole nitrogens is 2. The number of alkyl halides is 11. The number of likely N-dealkylation sites (tertiary alicyclic amines) is 3. The Hall–Kier alpha value is -7.50. The molecule has 0 unspecified atom stereocenters. The number of hydrogen-bond acceptors (Lipinski definition) is 32. The predicted molar refractivity (Wildman–Crippen MR) is 507 cm³/mol. The van der Waals surface area contributed by atoms with Crippen molar-refractivity contribution in [2.24, 2.45) is 0 Å². The summed E-state index contributed by atoms with van der Waals surface area (Å²) in [6.07, 6.45) is 5.21. The van der Waals surface area contributed by atoms with Gasteiger partial charge in [0.2, 0.25) is 21.1 Å². The number of hydrogen-bond donors (Lipinski definition) is 6. The van der Waals surface area contributed by atoms with Crippen molar-refractivity contribution >= 4 is 218 Å². The van der Waals surface area contributed by atoms with Crippen molar-refractivity contribution in [2.75, 3.05) is 195 Å². The molecular formula is C80H107BCl9F6N25O14S. The molecule has 18 rings (SSSR count). The molecule has 8 fully saturated rings. The molecule has 8 saturated heterocycles. The van der Waals surface area contributed by atoms with Gasteiger partial charge in [-0.3, -0.25) is 10.00 Å². The van der Waals surface area contributed by atoms with Crippen LogP contribution >= 0.6 is 104 Å². The van der Waals surface area contributed by atoms with Gasteiger partial charge in [-0.25, -0.2) is 27.8 Å². The number of nitrogens with one attached hydrogen (secondary N) is 3. The third kappa shape index (κ3) is 33.1. The Balaban J connectivity index is 0.000000155. The van der Waals surface area contributed by atoms with Crippen molar-refractivity contribution in [3.05, 3.63) is 76.4 Å². The number of aliphatic hydroxyl groups is 1. The lowest BCUT2D eigenvalue weighted by atomic mass is 9.80. The molecule has 0 saturated carbocycles. The van der Waals surface area contributed by atoms with Gasteiger partial charge < -0.3 is 83.3 Å². The van der Waals surface area contributed by atoms with Gasteiger partial charge in [0, 0.05) is 103 Å². The summed E-state index contributed by atoms with van der Waals surface area (Å²) in [7, 11) is -6.30. The van der Waals surface area contributed by atoms with Gasteiger partial charge in [-0.1, -0.05) is 46.9 Å². The van der Waals surface area contributed by atoms with E-state index in [-0.39, 0.29) is 56.8 Å². The fraction of sp³-hybridized carbons (Fsp3) is 0.625. The number of nitrogens with zero attached hydrogens (tertiary/aromatic N) is 22. The van der Waals surface area contributed by atoms with Crippen LogP contribution in [0, 0.1) is 0 Å². The van der Waals surface area contributed by atoms with Crippen molar-refractivity contribution in [1.82, 2.24) is 104 Å². The van der Waals surface area contributed by atoms with Crippen LogP contribution < -0.4 is 30.4 Å². The monoisotopic (exact) mass is 2110 g/mol. The van der Waals surface area contributed by atoms with E-state index in [0.717, 1.165) is 145 Å². The fourth-order valence-electron chi connectivity index (χ4n) is 15.5. The van der Waals surface area contributed by atoms with Crippen molar-refractivity contribution < 1.29 is 92.1 Å². The average molecular weight is 2120 g/mol. The van der Waals surface area contributed by atoms with Gasteiger partial charge in [-0.15, -0.1) is 23.2 Å². The molecule has 1 aromatic carbocycles. The van der Waals surface area contributed by atoms with Crippen LogP contribution in [0.15, 0.2) is 55.2 Å². The molecule has 136 heavy (non-hydrogen) atoms. The van der Waals surface area contributed by atoms with Gasteiger partial charge in [0.15, 0.2) is 28.3 Å². The second-order valence-electron chi connectivity index (χ2n) is 33.9. The maximum atomic E-state index is 12.6. The van der Waals surface area contributed by atoms with Gasteiger partial charge in [0.25, 0.3) is 10.1 Å². The molecule has 17 heterocycles. The number of aromatic nitrogens is 17. The maximum Gasteiger partial charge on any atom is 0.488 e. The third-order valence-electron chi connectivity index (χ3n) is 21.7. The van der Waals surface area contributed by atoms with E-state index in [1.54, 1.807) is 39.0 Å². The molecule has 6 N–H and O–H groups in total. The van der Waals surface area contributed by atoms with Gasteiger partial charge in [-0.2, -0.15) is 95.0 Å². The van der Waals surface area contributed by atoms with E-state index in [1.165, 1.54) is 4.90 Å². The summed E-state index contributed by atoms with van der Waals surface area (Å²) in [5.74, 6) is 1.04. The minimum absolute atomic E-state index is 0.00418. The predicted octanol–water partition coefficient (Wildman–Crippen LogP) is 12.4. The Labute approximate surface area is 824 Å². The molecule has 56 heteroatoms. The molecule has 10 aromatic rings. The largest absolute Gasteiger partial charge is 0.488 e. The summed E-state index contributed by atoms with van der Waals surface area (Å²) < 4.78 is 132. The first-order chi connectivity index (χ1) is 64.4. The van der Waals surface area contributed by atoms with Crippen LogP contribution in [0.2, 0.25) is 21.1 Å². The van der Waals surface area contributed by atoms with Crippen molar-refractivity contribution in [3.63, 3.8) is 0 Å². The number of benzene rings is 1. The number of carbonyl (C=O) groups excluding carboxylic acids is 2. The highest BCUT2D eigenvalue weighted by atomic mass is 35.6. The normalized spacial score (nSPS) is 17.9. The van der Waals surface area contributed by atoms with E-state index >= 15 is 0 Å². The van der Waals surface area contributed by atoms with Crippen LogP contribution in [0.25, 0.3) is 55.0 Å². The number of fused-ring (bicyclic) bond motifs is 5. The Morgan fingerprint density at radius 1 is 0.500 bits per heavy atom. The molecule has 8 aliphatic rings. The zero-order valence-electron chi connectivity index (χ0n) is 75.1. The highest BCUT2D eigenvalue weighted by molar-refractivity contribution is 7.86. The van der Waals surface area contributed by atoms with E-state index < -0.39 is 57.1 Å². The number of piperidine rings is 4. The summed E-state index contributed by atoms with van der Waals surface area (Å²) in [6.45, 7) is 27.2. The highest BCUT2D eigenvalue weighted by Crippen LogP contribution is 2.37. The minimum Gasteiger partial charge on any atom is -0.444 e. The van der Waals surface area contributed by atoms with Crippen molar-refractivity contribution in [1.29, 1.82) is 0 Å². The molecule has 0 radical (unpaired) electrons. The Kier molecular flexibility index (Phi) is 39.8. The van der Waals surface area contributed by atoms with Gasteiger partial charge in [0.05, 0.1) is 135 Å². The van der Waals surface area contributed by atoms with E-state index in [1.807, 2.05) is 81.6 Å². The van der Waals surface area contributed by atoms with Crippen molar-refractivity contribution in [2.45, 2.75) is 145 Å². The highest BCUT2D eigenvalue weighted by Gasteiger charge is 2.41. The summed E-state index contributed by atoms with van der Waals surface area (Å²) >= 11 is 48.4. The Morgan fingerprint density at radius 2 is 0.868 bits per heavy atom. The average Bonchev–Trinajstić information content (AvgIpc) is 1.63. The zero-order chi connectivity index (χ0) is 98.5. The van der Waals surface area contributed by atoms with Gasteiger partial charge in [0.1, 0.15) is 34.5 Å². The number of aromatic amines is 2. The maximum absolute atomic E-state index is 12.6. The lowest BCUT2D eigenvalue weighted by Crippen LogP contribution is -2.42. The Morgan fingerprint density at radius 3 is 1.24 bits per heavy atom. The summed E-state index contributed by atoms with van der Waals surface area (Å²) in [4.78, 5) is 75.2. The number of carbonyl (C=O) groups is 2. The summed E-state index contributed by atoms with van der Waals surface area (Å²) in [6, 6.07) is 7.66. The molecule has 750 valence electrons. The first-order valence-electron chi connectivity index (χ1n) is 43.5. The molecule has 9 aromatic heterocycles. The van der Waals surface area contributed by atoms with E-state index in [2.05, 4.69) is 99.4 Å². The summed E-state index contributed by atoms with van der Waals surface area (Å²) in [5.41, 5.74) is 3.47. The van der Waals surface area contributed by atoms with Gasteiger partial charge in [-0.05, 0) is 175 Å². The molecule has 39 nitrogen and oxygen atoms in total. The number of anilines is 4. The number of rotatable bonds is 11. The topological polar surface area (TPSA) is 429 Å². The van der Waals surface area contributed by atoms with Crippen LogP contribution in [0.4, 0.5) is 59.2 Å². The van der Waals surface area contributed by atoms with Crippen LogP contribution in [0.3, 0.4) is 0 Å². The van der Waals surface area contributed by atoms with E-state index in [0.29, 0.717) is 154 Å². The molecule has 0 atom stereocenters. The fourth-order valence-corrected chi connectivity index (χ4v) is 17.8. The quantitative estimate of drug-likeness (QED) is 0.0230. The molecule has 0 bridgehead atoms. The zero-order valence-corrected chi connectivity index (χ0v) is 82.7. The second-order valence-corrected chi connectivity index (χ2v) is 39.8. The minimum atomic E-state index is -4.94. The lowest BCUT2D eigenvalue weighted by molar-refractivity contribution is -0.148. The number of halogens is 15. The van der Waals surface area contributed by atoms with E-state index in [9.17, 15) is 49.5 Å². The van der Waals surface area contributed by atoms with Crippen LogP contribution in [-0.4, -0.2) is 351 Å². The smallest absolute Gasteiger partial charge is 0.444 e. The van der Waals surface area contributed by atoms with Crippen LogP contribution in [0.1, 0.15) is 111 Å². The molecule has 0 aliphatic carbocycles. The standard InChI is InChI=1S/C19H27ClN6O3.C16H20ClF3N6O.C14H19ClN6O.C10H19NO3.C9H10ClN5O.C8H8BNO2.C3H2Cl3F3O3S.CH2Cl2/c1-19(2,3)29-18(27)25-6-4-13(5-7-25)26-16-14(12-21-26)15(22-17(20)23-16)24-8-10-28-11-9-24;17-15-22-13(25-5-7-27-8-6-25)12-9-21-26(14(12)23-15)11-1-3-24(4-2-11)10-16(18,19)20;15-14-18-12(20-5-7-22-8-6-20)11-9-17-21(13(11)19-14)10-1-3-16-4-2-10;1-10(2,3)14-9(13)11-6-4-8(12)5-7-11;10-9-12-7-6(5-11-14-7)8(13-9)15-1-3-16-4-2-15;11-9(12)7-1-2-8-6(5-7)3-4-10-8;4-3(5,6)12-13(10,11)1-2(7,8)9;2-1-3/h12-13H,4-11H2,1-3H3;9,11H,1-8,10H2;9-10,16H,1-8H2;8,12H,4-7H2,1-3H3;5H,1-4H2,(H,11,12,13,14);1-5,10-12H;1H2;1H2. The number of aliphatic hydroxyl groups excluding tert-OH is 1. The molecule has 0 spiro atoms. The van der Waals surface area contributed by atoms with Crippen LogP contribution in [0.5, 0.6) is 0 Å². The first kappa shape index (κ1) is 109. The van der Waals surface area contributed by atoms with Crippen LogP contribution in [-0.2, 0) is 42.7 Å². The van der Waals surface area contributed by atoms with Crippen molar-refractivity contribution in [3.8, 4) is 0 Å². The van der Waals surface area contributed by atoms with E-state index in [4.69, 9.17) is 143 Å². The van der Waals surface area contributed by atoms with Gasteiger partial charge >= 0.3 is 35.6 Å². The molecule has 2 amide bonds.